The van der Waals surface area contributed by atoms with Crippen molar-refractivity contribution in [2.24, 2.45) is 0 Å². The number of amides is 2. The summed E-state index contributed by atoms with van der Waals surface area (Å²) in [5, 5.41) is 0. The number of hydrogen-bond acceptors (Lipinski definition) is 2. The van der Waals surface area contributed by atoms with Gasteiger partial charge in [0.25, 0.3) is 0 Å². The number of benzene rings is 1. The quantitative estimate of drug-likeness (QED) is 0.807. The van der Waals surface area contributed by atoms with E-state index in [1.807, 2.05) is 28.0 Å². The third-order valence-electron chi connectivity index (χ3n) is 4.72. The zero-order valence-electron chi connectivity index (χ0n) is 12.6. The first-order chi connectivity index (χ1) is 10.3. The van der Waals surface area contributed by atoms with Gasteiger partial charge in [-0.3, -0.25) is 0 Å². The molecule has 4 nitrogen and oxygen atoms in total. The molecule has 0 spiro atoms. The highest BCUT2D eigenvalue weighted by Gasteiger charge is 2.28. The zero-order valence-corrected chi connectivity index (χ0v) is 12.6. The van der Waals surface area contributed by atoms with E-state index in [-0.39, 0.29) is 6.03 Å². The van der Waals surface area contributed by atoms with Crippen molar-refractivity contribution in [3.05, 3.63) is 29.8 Å². The standard InChI is InChI=1S/C17H24N3O/c18-16-7-3-2-6-15(16)14-8-12-20(13-9-14)17(21)19-10-4-1-5-11-19/h2-3,7,14H,1,4-5,8-13,18H2. The Morgan fingerprint density at radius 3 is 2.43 bits per heavy atom. The lowest BCUT2D eigenvalue weighted by molar-refractivity contribution is 0.132. The topological polar surface area (TPSA) is 49.6 Å². The van der Waals surface area contributed by atoms with Crippen molar-refractivity contribution in [1.82, 2.24) is 9.80 Å². The van der Waals surface area contributed by atoms with Crippen LogP contribution in [0.4, 0.5) is 10.5 Å². The third kappa shape index (κ3) is 3.14. The first kappa shape index (κ1) is 14.2. The van der Waals surface area contributed by atoms with Crippen LogP contribution < -0.4 is 5.73 Å². The van der Waals surface area contributed by atoms with Gasteiger partial charge in [-0.15, -0.1) is 0 Å². The summed E-state index contributed by atoms with van der Waals surface area (Å²) >= 11 is 0. The summed E-state index contributed by atoms with van der Waals surface area (Å²) in [4.78, 5) is 16.5. The van der Waals surface area contributed by atoms with Gasteiger partial charge >= 0.3 is 6.03 Å². The van der Waals surface area contributed by atoms with Crippen LogP contribution in [-0.4, -0.2) is 42.0 Å². The van der Waals surface area contributed by atoms with Gasteiger partial charge < -0.3 is 15.5 Å². The second kappa shape index (κ2) is 6.37. The minimum absolute atomic E-state index is 0.234. The summed E-state index contributed by atoms with van der Waals surface area (Å²) in [5.41, 5.74) is 8.00. The Kier molecular flexibility index (Phi) is 4.32. The monoisotopic (exact) mass is 286 g/mol. The number of nitrogens with two attached hydrogens (primary N) is 1. The minimum Gasteiger partial charge on any atom is -0.398 e. The van der Waals surface area contributed by atoms with E-state index in [0.29, 0.717) is 5.92 Å². The second-order valence-electron chi connectivity index (χ2n) is 6.13. The van der Waals surface area contributed by atoms with Gasteiger partial charge in [-0.2, -0.15) is 0 Å². The Morgan fingerprint density at radius 1 is 1.10 bits per heavy atom. The number of rotatable bonds is 1. The molecular formula is C17H24N3O. The van der Waals surface area contributed by atoms with Crippen LogP contribution in [0, 0.1) is 6.07 Å². The van der Waals surface area contributed by atoms with Crippen molar-refractivity contribution < 1.29 is 4.79 Å². The van der Waals surface area contributed by atoms with E-state index < -0.39 is 0 Å². The average molecular weight is 286 g/mol. The molecule has 2 aliphatic rings. The van der Waals surface area contributed by atoms with Crippen molar-refractivity contribution in [1.29, 1.82) is 0 Å². The number of carbonyl (C=O) groups excluding carboxylic acids is 1. The first-order valence-corrected chi connectivity index (χ1v) is 8.05. The fourth-order valence-corrected chi connectivity index (χ4v) is 3.46. The maximum atomic E-state index is 12.5. The molecule has 0 bridgehead atoms. The summed E-state index contributed by atoms with van der Waals surface area (Å²) in [6, 6.07) is 9.30. The number of anilines is 1. The van der Waals surface area contributed by atoms with E-state index in [1.54, 1.807) is 0 Å². The van der Waals surface area contributed by atoms with Gasteiger partial charge in [0.15, 0.2) is 0 Å². The Balaban J connectivity index is 1.57. The molecule has 2 amide bonds. The smallest absolute Gasteiger partial charge is 0.319 e. The summed E-state index contributed by atoms with van der Waals surface area (Å²) in [7, 11) is 0. The van der Waals surface area contributed by atoms with Crippen molar-refractivity contribution in [2.45, 2.75) is 38.0 Å². The molecule has 2 saturated heterocycles. The number of likely N-dealkylation sites (tertiary alicyclic amines) is 2. The molecular weight excluding hydrogens is 262 g/mol. The third-order valence-corrected chi connectivity index (χ3v) is 4.72. The van der Waals surface area contributed by atoms with E-state index >= 15 is 0 Å². The summed E-state index contributed by atoms with van der Waals surface area (Å²) < 4.78 is 0. The van der Waals surface area contributed by atoms with Gasteiger partial charge in [0, 0.05) is 31.9 Å². The number of carbonyl (C=O) groups is 1. The summed E-state index contributed by atoms with van der Waals surface area (Å²) in [6.45, 7) is 3.53. The van der Waals surface area contributed by atoms with Crippen LogP contribution in [0.5, 0.6) is 0 Å². The van der Waals surface area contributed by atoms with Crippen LogP contribution >= 0.6 is 0 Å². The van der Waals surface area contributed by atoms with Crippen LogP contribution in [-0.2, 0) is 0 Å². The molecule has 0 atom stereocenters. The number of nitrogen functional groups attached to an aromatic ring is 1. The highest BCUT2D eigenvalue weighted by molar-refractivity contribution is 5.74. The Labute approximate surface area is 126 Å². The van der Waals surface area contributed by atoms with Gasteiger partial charge in [0.2, 0.25) is 0 Å². The van der Waals surface area contributed by atoms with Crippen molar-refractivity contribution in [2.75, 3.05) is 31.9 Å². The van der Waals surface area contributed by atoms with Gasteiger partial charge in [0.1, 0.15) is 0 Å². The van der Waals surface area contributed by atoms with Gasteiger partial charge in [-0.25, -0.2) is 4.79 Å². The molecule has 1 aromatic carbocycles. The Morgan fingerprint density at radius 2 is 1.76 bits per heavy atom. The first-order valence-electron chi connectivity index (χ1n) is 8.05. The normalized spacial score (nSPS) is 20.6. The maximum Gasteiger partial charge on any atom is 0.319 e. The Hall–Kier alpha value is -1.71. The second-order valence-corrected chi connectivity index (χ2v) is 6.13. The molecule has 0 saturated carbocycles. The van der Waals surface area contributed by atoms with Crippen LogP contribution in [0.3, 0.4) is 0 Å². The lowest BCUT2D eigenvalue weighted by Crippen LogP contribution is -2.48. The summed E-state index contributed by atoms with van der Waals surface area (Å²) in [5.74, 6) is 0.441. The number of nitrogens with zero attached hydrogens (tertiary/aromatic N) is 2. The zero-order chi connectivity index (χ0) is 14.7. The molecule has 21 heavy (non-hydrogen) atoms. The fourth-order valence-electron chi connectivity index (χ4n) is 3.46. The summed E-state index contributed by atoms with van der Waals surface area (Å²) in [6.07, 6.45) is 5.54. The van der Waals surface area contributed by atoms with Crippen LogP contribution in [0.15, 0.2) is 18.2 Å². The molecule has 2 heterocycles. The van der Waals surface area contributed by atoms with E-state index in [9.17, 15) is 4.79 Å². The number of piperidine rings is 2. The molecule has 3 rings (SSSR count). The number of urea groups is 1. The maximum absolute atomic E-state index is 12.5. The minimum atomic E-state index is 0.234. The predicted octanol–water partition coefficient (Wildman–Crippen LogP) is 2.85. The fraction of sp³-hybridized carbons (Fsp3) is 0.588. The van der Waals surface area contributed by atoms with Gasteiger partial charge in [0.05, 0.1) is 0 Å². The molecule has 2 aliphatic heterocycles. The lowest BCUT2D eigenvalue weighted by atomic mass is 9.88. The highest BCUT2D eigenvalue weighted by Crippen LogP contribution is 2.31. The van der Waals surface area contributed by atoms with Gasteiger partial charge in [-0.1, -0.05) is 12.1 Å². The van der Waals surface area contributed by atoms with E-state index in [4.69, 9.17) is 5.73 Å². The van der Waals surface area contributed by atoms with Crippen LogP contribution in [0.2, 0.25) is 0 Å². The van der Waals surface area contributed by atoms with Crippen molar-refractivity contribution in [3.8, 4) is 0 Å². The molecule has 1 radical (unpaired) electrons. The van der Waals surface area contributed by atoms with E-state index in [1.165, 1.54) is 6.42 Å². The van der Waals surface area contributed by atoms with Crippen molar-refractivity contribution >= 4 is 11.7 Å². The molecule has 0 aliphatic carbocycles. The van der Waals surface area contributed by atoms with E-state index in [2.05, 4.69) is 6.07 Å². The number of hydrogen-bond donors (Lipinski definition) is 1. The SMILES string of the molecule is Nc1ccc[c]c1C1CCN(C(=O)N2CCCCC2)CC1. The van der Waals surface area contributed by atoms with Gasteiger partial charge in [-0.05, 0) is 55.7 Å². The molecule has 0 aromatic heterocycles. The molecule has 1 aromatic rings. The highest BCUT2D eigenvalue weighted by atomic mass is 16.2. The van der Waals surface area contributed by atoms with Crippen molar-refractivity contribution in [3.63, 3.8) is 0 Å². The molecule has 4 heteroatoms. The van der Waals surface area contributed by atoms with E-state index in [0.717, 1.165) is 63.1 Å². The molecule has 2 N–H and O–H groups in total. The van der Waals surface area contributed by atoms with Crippen LogP contribution in [0.25, 0.3) is 0 Å². The Bertz CT molecular complexity index is 489. The largest absolute Gasteiger partial charge is 0.398 e. The van der Waals surface area contributed by atoms with Crippen LogP contribution in [0.1, 0.15) is 43.6 Å². The molecule has 2 fully saturated rings. The lowest BCUT2D eigenvalue weighted by Gasteiger charge is -2.37. The average Bonchev–Trinajstić information content (AvgIpc) is 2.56. The predicted molar refractivity (Wildman–Crippen MR) is 84.1 cm³/mol. The molecule has 113 valence electrons. The molecule has 0 unspecified atom stereocenters.